The average molecular weight is 373 g/mol. The molecule has 1 unspecified atom stereocenters. The largest absolute Gasteiger partial charge is 0.476 e. The molecule has 1 aromatic heterocycles. The van der Waals surface area contributed by atoms with Gasteiger partial charge in [-0.3, -0.25) is 9.59 Å². The molecular formula is C18H19N3O4S. The summed E-state index contributed by atoms with van der Waals surface area (Å²) in [4.78, 5) is 41.0. The van der Waals surface area contributed by atoms with Gasteiger partial charge in [0.05, 0.1) is 10.9 Å². The molecule has 0 saturated carbocycles. The number of carbonyl (C=O) groups excluding carboxylic acids is 2. The molecule has 1 fully saturated rings. The summed E-state index contributed by atoms with van der Waals surface area (Å²) in [7, 11) is 0. The number of hydrogen-bond acceptors (Lipinski definition) is 5. The van der Waals surface area contributed by atoms with Gasteiger partial charge in [-0.15, -0.1) is 11.3 Å². The quantitative estimate of drug-likeness (QED) is 0.805. The fourth-order valence-electron chi connectivity index (χ4n) is 2.82. The number of aryl methyl sites for hydroxylation is 1. The van der Waals surface area contributed by atoms with Crippen molar-refractivity contribution in [3.05, 3.63) is 45.9 Å². The molecule has 1 aliphatic rings. The highest BCUT2D eigenvalue weighted by atomic mass is 32.1. The van der Waals surface area contributed by atoms with Crippen LogP contribution in [0.1, 0.15) is 27.5 Å². The van der Waals surface area contributed by atoms with E-state index in [0.29, 0.717) is 24.5 Å². The monoisotopic (exact) mass is 373 g/mol. The van der Waals surface area contributed by atoms with Gasteiger partial charge in [-0.2, -0.15) is 0 Å². The van der Waals surface area contributed by atoms with Crippen LogP contribution in [0.2, 0.25) is 0 Å². The Balaban J connectivity index is 1.51. The van der Waals surface area contributed by atoms with Crippen LogP contribution in [0.3, 0.4) is 0 Å². The number of benzene rings is 1. The normalized spacial score (nSPS) is 16.7. The highest BCUT2D eigenvalue weighted by Gasteiger charge is 2.34. The third kappa shape index (κ3) is 4.08. The second kappa shape index (κ2) is 7.65. The third-order valence-electron chi connectivity index (χ3n) is 4.25. The number of rotatable bonds is 6. The molecular weight excluding hydrogens is 354 g/mol. The summed E-state index contributed by atoms with van der Waals surface area (Å²) in [6.45, 7) is 2.71. The maximum atomic E-state index is 12.3. The minimum absolute atomic E-state index is 0.0199. The van der Waals surface area contributed by atoms with Gasteiger partial charge in [0.25, 0.3) is 0 Å². The number of aromatic carboxylic acids is 1. The highest BCUT2D eigenvalue weighted by molar-refractivity contribution is 7.09. The van der Waals surface area contributed by atoms with Crippen LogP contribution in [0, 0.1) is 12.8 Å². The maximum absolute atomic E-state index is 12.3. The van der Waals surface area contributed by atoms with Crippen molar-refractivity contribution < 1.29 is 19.5 Å². The first-order valence-corrected chi connectivity index (χ1v) is 9.14. The van der Waals surface area contributed by atoms with E-state index >= 15 is 0 Å². The molecule has 3 rings (SSSR count). The lowest BCUT2D eigenvalue weighted by atomic mass is 10.1. The van der Waals surface area contributed by atoms with Gasteiger partial charge in [0.2, 0.25) is 11.8 Å². The molecule has 1 saturated heterocycles. The first-order chi connectivity index (χ1) is 12.4. The molecule has 1 atom stereocenters. The van der Waals surface area contributed by atoms with Gasteiger partial charge >= 0.3 is 5.97 Å². The summed E-state index contributed by atoms with van der Waals surface area (Å²) in [5, 5.41) is 13.8. The minimum atomic E-state index is -1.06. The van der Waals surface area contributed by atoms with Gasteiger partial charge in [0.1, 0.15) is 0 Å². The fraction of sp³-hybridized carbons (Fsp3) is 0.333. The van der Waals surface area contributed by atoms with E-state index in [2.05, 4.69) is 10.3 Å². The van der Waals surface area contributed by atoms with Crippen molar-refractivity contribution in [1.29, 1.82) is 0 Å². The molecule has 2 heterocycles. The summed E-state index contributed by atoms with van der Waals surface area (Å²) >= 11 is 1.26. The molecule has 7 nitrogen and oxygen atoms in total. The number of carboxylic acid groups (broad SMARTS) is 1. The average Bonchev–Trinajstić information content (AvgIpc) is 3.23. The van der Waals surface area contributed by atoms with Crippen LogP contribution in [0.5, 0.6) is 0 Å². The number of amides is 2. The van der Waals surface area contributed by atoms with E-state index in [4.69, 9.17) is 5.11 Å². The Morgan fingerprint density at radius 2 is 2.08 bits per heavy atom. The highest BCUT2D eigenvalue weighted by Crippen LogP contribution is 2.25. The van der Waals surface area contributed by atoms with Crippen molar-refractivity contribution in [1.82, 2.24) is 10.3 Å². The van der Waals surface area contributed by atoms with Crippen molar-refractivity contribution in [3.8, 4) is 0 Å². The molecule has 0 bridgehead atoms. The van der Waals surface area contributed by atoms with E-state index in [0.717, 1.165) is 11.3 Å². The summed E-state index contributed by atoms with van der Waals surface area (Å²) in [5.41, 5.74) is 1.94. The number of anilines is 1. The molecule has 136 valence electrons. The van der Waals surface area contributed by atoms with Crippen molar-refractivity contribution in [3.63, 3.8) is 0 Å². The van der Waals surface area contributed by atoms with E-state index in [1.807, 2.05) is 31.2 Å². The molecule has 0 spiro atoms. The van der Waals surface area contributed by atoms with Crippen LogP contribution in [-0.2, 0) is 16.0 Å². The van der Waals surface area contributed by atoms with Crippen LogP contribution in [-0.4, -0.2) is 41.0 Å². The second-order valence-electron chi connectivity index (χ2n) is 6.21. The molecule has 0 aliphatic carbocycles. The second-order valence-corrected chi connectivity index (χ2v) is 7.16. The van der Waals surface area contributed by atoms with Crippen molar-refractivity contribution in [2.24, 2.45) is 5.92 Å². The zero-order chi connectivity index (χ0) is 18.7. The molecule has 8 heteroatoms. The van der Waals surface area contributed by atoms with Crippen molar-refractivity contribution in [2.75, 3.05) is 18.0 Å². The van der Waals surface area contributed by atoms with Crippen molar-refractivity contribution in [2.45, 2.75) is 19.8 Å². The lowest BCUT2D eigenvalue weighted by molar-refractivity contribution is -0.126. The molecule has 2 N–H and O–H groups in total. The summed E-state index contributed by atoms with van der Waals surface area (Å²) in [5.74, 6) is -1.66. The number of carboxylic acids is 1. The van der Waals surface area contributed by atoms with Gasteiger partial charge in [-0.25, -0.2) is 9.78 Å². The first kappa shape index (κ1) is 18.1. The molecule has 0 radical (unpaired) electrons. The Kier molecular flexibility index (Phi) is 5.32. The van der Waals surface area contributed by atoms with Crippen LogP contribution in [0.4, 0.5) is 5.69 Å². The molecule has 2 amide bonds. The van der Waals surface area contributed by atoms with Gasteiger partial charge in [-0.05, 0) is 19.1 Å². The zero-order valence-electron chi connectivity index (χ0n) is 14.3. The molecule has 1 aliphatic heterocycles. The predicted octanol–water partition coefficient (Wildman–Crippen LogP) is 1.86. The SMILES string of the molecule is Cc1ccc(N2CC(C(=O)NCCc3nc(C(=O)O)cs3)CC2=O)cc1. The number of aromatic nitrogens is 1. The van der Waals surface area contributed by atoms with Crippen LogP contribution in [0.25, 0.3) is 0 Å². The van der Waals surface area contributed by atoms with Crippen LogP contribution in [0.15, 0.2) is 29.6 Å². The smallest absolute Gasteiger partial charge is 0.355 e. The number of carbonyl (C=O) groups is 3. The van der Waals surface area contributed by atoms with E-state index < -0.39 is 5.97 Å². The third-order valence-corrected chi connectivity index (χ3v) is 5.16. The zero-order valence-corrected chi connectivity index (χ0v) is 15.1. The molecule has 26 heavy (non-hydrogen) atoms. The van der Waals surface area contributed by atoms with Crippen LogP contribution < -0.4 is 10.2 Å². The summed E-state index contributed by atoms with van der Waals surface area (Å²) in [6, 6.07) is 7.65. The number of thiazole rings is 1. The molecule has 1 aromatic carbocycles. The summed E-state index contributed by atoms with van der Waals surface area (Å²) < 4.78 is 0. The van der Waals surface area contributed by atoms with E-state index in [-0.39, 0.29) is 29.8 Å². The van der Waals surface area contributed by atoms with Gasteiger partial charge in [-0.1, -0.05) is 17.7 Å². The number of hydrogen-bond donors (Lipinski definition) is 2. The Morgan fingerprint density at radius 3 is 2.73 bits per heavy atom. The standard InChI is InChI=1S/C18H19N3O4S/c1-11-2-4-13(5-3-11)21-9-12(8-16(21)22)17(23)19-7-6-15-20-14(10-26-15)18(24)25/h2-5,10,12H,6-9H2,1H3,(H,19,23)(H,24,25). The predicted molar refractivity (Wildman–Crippen MR) is 97.4 cm³/mol. The van der Waals surface area contributed by atoms with E-state index in [1.165, 1.54) is 16.7 Å². The van der Waals surface area contributed by atoms with Gasteiger partial charge in [0, 0.05) is 37.0 Å². The van der Waals surface area contributed by atoms with Gasteiger partial charge < -0.3 is 15.3 Å². The molecule has 2 aromatic rings. The Bertz CT molecular complexity index is 831. The van der Waals surface area contributed by atoms with Gasteiger partial charge in [0.15, 0.2) is 5.69 Å². The van der Waals surface area contributed by atoms with E-state index in [1.54, 1.807) is 4.90 Å². The number of nitrogens with one attached hydrogen (secondary N) is 1. The minimum Gasteiger partial charge on any atom is -0.476 e. The maximum Gasteiger partial charge on any atom is 0.355 e. The lowest BCUT2D eigenvalue weighted by Crippen LogP contribution is -2.34. The number of nitrogens with zero attached hydrogens (tertiary/aromatic N) is 2. The van der Waals surface area contributed by atoms with E-state index in [9.17, 15) is 14.4 Å². The van der Waals surface area contributed by atoms with Crippen molar-refractivity contribution >= 4 is 34.8 Å². The Morgan fingerprint density at radius 1 is 1.35 bits per heavy atom. The topological polar surface area (TPSA) is 99.6 Å². The van der Waals surface area contributed by atoms with Crippen LogP contribution >= 0.6 is 11.3 Å². The first-order valence-electron chi connectivity index (χ1n) is 8.26. The Hall–Kier alpha value is -2.74. The fourth-order valence-corrected chi connectivity index (χ4v) is 3.59. The summed E-state index contributed by atoms with van der Waals surface area (Å²) in [6.07, 6.45) is 0.659. The Labute approximate surface area is 154 Å². The lowest BCUT2D eigenvalue weighted by Gasteiger charge is -2.17.